The van der Waals surface area contributed by atoms with Crippen LogP contribution in [-0.2, 0) is 24.2 Å². The van der Waals surface area contributed by atoms with Gasteiger partial charge in [0.25, 0.3) is 0 Å². The maximum atomic E-state index is 11.7. The first-order valence-electron chi connectivity index (χ1n) is 12.5. The van der Waals surface area contributed by atoms with E-state index in [1.165, 1.54) is 16.7 Å². The van der Waals surface area contributed by atoms with E-state index in [1.807, 2.05) is 43.3 Å². The minimum absolute atomic E-state index is 0. The van der Waals surface area contributed by atoms with Gasteiger partial charge in [0.05, 0.1) is 6.10 Å². The highest BCUT2D eigenvalue weighted by atomic mass is 35.5. The van der Waals surface area contributed by atoms with Gasteiger partial charge >= 0.3 is 0 Å². The molecule has 192 valence electrons. The van der Waals surface area contributed by atoms with Crippen molar-refractivity contribution in [2.75, 3.05) is 13.2 Å². The van der Waals surface area contributed by atoms with Crippen molar-refractivity contribution in [2.24, 2.45) is 0 Å². The molecule has 4 nitrogen and oxygen atoms in total. The molecule has 3 aromatic rings. The third-order valence-electron chi connectivity index (χ3n) is 6.80. The average molecular weight is 529 g/mol. The fourth-order valence-corrected chi connectivity index (χ4v) is 4.99. The number of aliphatic hydroxyl groups is 1. The summed E-state index contributed by atoms with van der Waals surface area (Å²) in [5.41, 5.74) is 4.67. The number of ketones is 1. The lowest BCUT2D eigenvalue weighted by Crippen LogP contribution is -2.39. The van der Waals surface area contributed by atoms with E-state index in [2.05, 4.69) is 41.3 Å². The zero-order valence-electron chi connectivity index (χ0n) is 20.7. The average Bonchev–Trinajstić information content (AvgIpc) is 3.09. The van der Waals surface area contributed by atoms with Gasteiger partial charge in [0.2, 0.25) is 0 Å². The number of hydrogen-bond acceptors (Lipinski definition) is 4. The molecule has 0 fully saturated rings. The summed E-state index contributed by atoms with van der Waals surface area (Å²) >= 11 is 6.19. The normalized spacial score (nSPS) is 15.9. The smallest absolute Gasteiger partial charge is 0.169 e. The number of ether oxygens (including phenoxy) is 1. The maximum Gasteiger partial charge on any atom is 0.169 e. The number of benzene rings is 3. The lowest BCUT2D eigenvalue weighted by molar-refractivity contribution is -0.120. The fourth-order valence-electron chi connectivity index (χ4n) is 4.79. The summed E-state index contributed by atoms with van der Waals surface area (Å²) < 4.78 is 5.77. The molecule has 36 heavy (non-hydrogen) atoms. The molecule has 3 aromatic carbocycles. The van der Waals surface area contributed by atoms with Crippen molar-refractivity contribution < 1.29 is 14.6 Å². The Balaban J connectivity index is 0.00000361. The maximum absolute atomic E-state index is 11.7. The standard InChI is InChI=1S/C30H34ClNO3.ClH/c1-2-28(33)21-35-29-15-14-23-10-7-13-27(17-25(23)18-29)32(19-22-8-4-3-5-9-22)20-30(34)24-11-6-12-26(31)16-24;/h3-6,8-9,11-12,14-16,18,27,30,34H,2,7,10,13,17,19-21H2,1H3;1H. The summed E-state index contributed by atoms with van der Waals surface area (Å²) in [5, 5.41) is 11.8. The molecule has 2 unspecified atom stereocenters. The lowest BCUT2D eigenvalue weighted by atomic mass is 9.99. The van der Waals surface area contributed by atoms with Gasteiger partial charge in [0.1, 0.15) is 12.4 Å². The molecule has 0 amide bonds. The van der Waals surface area contributed by atoms with Gasteiger partial charge in [-0.3, -0.25) is 9.69 Å². The molecule has 0 spiro atoms. The predicted molar refractivity (Wildman–Crippen MR) is 148 cm³/mol. The minimum Gasteiger partial charge on any atom is -0.486 e. The van der Waals surface area contributed by atoms with Gasteiger partial charge in [-0.1, -0.05) is 67.1 Å². The molecule has 0 bridgehead atoms. The Kier molecular flexibility index (Phi) is 10.8. The van der Waals surface area contributed by atoms with Crippen LogP contribution in [0.5, 0.6) is 5.75 Å². The summed E-state index contributed by atoms with van der Waals surface area (Å²) in [6.07, 6.45) is 3.89. The zero-order chi connectivity index (χ0) is 24.6. The topological polar surface area (TPSA) is 49.8 Å². The van der Waals surface area contributed by atoms with Gasteiger partial charge in [-0.2, -0.15) is 0 Å². The highest BCUT2D eigenvalue weighted by molar-refractivity contribution is 6.30. The molecule has 0 aromatic heterocycles. The number of aryl methyl sites for hydroxylation is 1. The van der Waals surface area contributed by atoms with Crippen LogP contribution in [0.2, 0.25) is 5.02 Å². The molecule has 6 heteroatoms. The second-order valence-electron chi connectivity index (χ2n) is 9.35. The van der Waals surface area contributed by atoms with E-state index in [9.17, 15) is 9.90 Å². The van der Waals surface area contributed by atoms with E-state index in [4.69, 9.17) is 16.3 Å². The first-order chi connectivity index (χ1) is 17.0. The van der Waals surface area contributed by atoms with Crippen LogP contribution in [0.4, 0.5) is 0 Å². The molecule has 1 aliphatic rings. The Hall–Kier alpha value is -2.37. The Morgan fingerprint density at radius 2 is 1.89 bits per heavy atom. The largest absolute Gasteiger partial charge is 0.486 e. The van der Waals surface area contributed by atoms with E-state index >= 15 is 0 Å². The number of fused-ring (bicyclic) bond motifs is 1. The summed E-state index contributed by atoms with van der Waals surface area (Å²) in [6, 6.07) is 24.4. The van der Waals surface area contributed by atoms with Crippen LogP contribution in [0.15, 0.2) is 72.8 Å². The molecule has 1 N–H and O–H groups in total. The molecule has 2 atom stereocenters. The van der Waals surface area contributed by atoms with Crippen LogP contribution in [0.3, 0.4) is 0 Å². The number of rotatable bonds is 10. The summed E-state index contributed by atoms with van der Waals surface area (Å²) in [6.45, 7) is 3.26. The van der Waals surface area contributed by atoms with E-state index in [0.717, 1.165) is 43.5 Å². The molecule has 0 heterocycles. The molecule has 0 saturated carbocycles. The van der Waals surface area contributed by atoms with E-state index < -0.39 is 6.10 Å². The first-order valence-corrected chi connectivity index (χ1v) is 12.9. The number of aliphatic hydroxyl groups excluding tert-OH is 1. The molecular weight excluding hydrogens is 493 g/mol. The number of halogens is 2. The Morgan fingerprint density at radius 1 is 1.08 bits per heavy atom. The third kappa shape index (κ3) is 7.81. The van der Waals surface area contributed by atoms with Gasteiger partial charge in [-0.15, -0.1) is 12.4 Å². The Labute approximate surface area is 225 Å². The predicted octanol–water partition coefficient (Wildman–Crippen LogP) is 6.60. The number of carbonyl (C=O) groups excluding carboxylic acids is 1. The Bertz CT molecular complexity index is 1120. The highest BCUT2D eigenvalue weighted by Gasteiger charge is 2.26. The van der Waals surface area contributed by atoms with Gasteiger partial charge in [0.15, 0.2) is 5.78 Å². The van der Waals surface area contributed by atoms with Crippen LogP contribution in [0.1, 0.15) is 54.5 Å². The highest BCUT2D eigenvalue weighted by Crippen LogP contribution is 2.29. The van der Waals surface area contributed by atoms with Crippen LogP contribution < -0.4 is 4.74 Å². The van der Waals surface area contributed by atoms with Crippen molar-refractivity contribution >= 4 is 29.8 Å². The molecule has 1 aliphatic carbocycles. The number of carbonyl (C=O) groups is 1. The van der Waals surface area contributed by atoms with Crippen LogP contribution in [-0.4, -0.2) is 35.0 Å². The second-order valence-corrected chi connectivity index (χ2v) is 9.78. The SMILES string of the molecule is CCC(=O)COc1ccc2c(c1)CC(N(Cc1ccccc1)CC(O)c1cccc(Cl)c1)CCC2.Cl. The monoisotopic (exact) mass is 527 g/mol. The molecule has 4 rings (SSSR count). The minimum atomic E-state index is -0.630. The fraction of sp³-hybridized carbons (Fsp3) is 0.367. The number of Topliss-reactive ketones (excluding diaryl/α,β-unsaturated/α-hetero) is 1. The van der Waals surface area contributed by atoms with Gasteiger partial charge < -0.3 is 9.84 Å². The zero-order valence-corrected chi connectivity index (χ0v) is 22.3. The summed E-state index contributed by atoms with van der Waals surface area (Å²) in [5.74, 6) is 0.849. The van der Waals surface area contributed by atoms with Gasteiger partial charge in [-0.25, -0.2) is 0 Å². The number of hydrogen-bond donors (Lipinski definition) is 1. The van der Waals surface area contributed by atoms with Crippen LogP contribution in [0.25, 0.3) is 0 Å². The van der Waals surface area contributed by atoms with Gasteiger partial charge in [0, 0.05) is 30.6 Å². The molecule has 0 radical (unpaired) electrons. The van der Waals surface area contributed by atoms with E-state index in [-0.39, 0.29) is 30.8 Å². The van der Waals surface area contributed by atoms with Crippen LogP contribution in [0, 0.1) is 0 Å². The molecular formula is C30H35Cl2NO3. The van der Waals surface area contributed by atoms with Crippen molar-refractivity contribution in [3.05, 3.63) is 100 Å². The van der Waals surface area contributed by atoms with Crippen molar-refractivity contribution in [3.8, 4) is 5.75 Å². The first kappa shape index (κ1) is 28.2. The van der Waals surface area contributed by atoms with E-state index in [1.54, 1.807) is 0 Å². The van der Waals surface area contributed by atoms with Gasteiger partial charge in [-0.05, 0) is 72.2 Å². The van der Waals surface area contributed by atoms with E-state index in [0.29, 0.717) is 18.0 Å². The van der Waals surface area contributed by atoms with Crippen molar-refractivity contribution in [1.82, 2.24) is 4.90 Å². The summed E-state index contributed by atoms with van der Waals surface area (Å²) in [4.78, 5) is 14.1. The third-order valence-corrected chi connectivity index (χ3v) is 7.03. The van der Waals surface area contributed by atoms with Crippen molar-refractivity contribution in [3.63, 3.8) is 0 Å². The molecule has 0 saturated heterocycles. The van der Waals surface area contributed by atoms with Crippen LogP contribution >= 0.6 is 24.0 Å². The second kappa shape index (κ2) is 13.8. The van der Waals surface area contributed by atoms with Crippen molar-refractivity contribution in [1.29, 1.82) is 0 Å². The number of nitrogens with zero attached hydrogens (tertiary/aromatic N) is 1. The summed E-state index contributed by atoms with van der Waals surface area (Å²) in [7, 11) is 0. The molecule has 0 aliphatic heterocycles. The lowest BCUT2D eigenvalue weighted by Gasteiger charge is -2.33. The van der Waals surface area contributed by atoms with Crippen molar-refractivity contribution in [2.45, 2.75) is 57.7 Å². The Morgan fingerprint density at radius 3 is 2.64 bits per heavy atom. The quantitative estimate of drug-likeness (QED) is 0.301.